The lowest BCUT2D eigenvalue weighted by Gasteiger charge is -2.39. The molecule has 1 radical (unpaired) electrons. The molecule has 0 saturated carbocycles. The normalized spacial score (nSPS) is 23.2. The number of anilines is 1. The molecule has 163 valence electrons. The summed E-state index contributed by atoms with van der Waals surface area (Å²) in [5.74, 6) is 0.373. The van der Waals surface area contributed by atoms with Crippen molar-refractivity contribution in [1.29, 1.82) is 0 Å². The number of rotatable bonds is 4. The van der Waals surface area contributed by atoms with E-state index in [2.05, 4.69) is 11.1 Å². The molecule has 3 aromatic carbocycles. The fourth-order valence-electron chi connectivity index (χ4n) is 4.23. The number of ether oxygens (including phenoxy) is 2. The van der Waals surface area contributed by atoms with E-state index in [1.165, 1.54) is 17.0 Å². The number of alkyl halides is 3. The Morgan fingerprint density at radius 3 is 2.44 bits per heavy atom. The zero-order chi connectivity index (χ0) is 22.2. The first-order valence-electron chi connectivity index (χ1n) is 10.2. The van der Waals surface area contributed by atoms with Crippen LogP contribution in [-0.4, -0.2) is 32.0 Å². The van der Waals surface area contributed by atoms with Gasteiger partial charge in [0, 0.05) is 11.3 Å². The smallest absolute Gasteiger partial charge is 0.418 e. The highest BCUT2D eigenvalue weighted by Gasteiger charge is 2.62. The van der Waals surface area contributed by atoms with Crippen LogP contribution in [0.1, 0.15) is 22.7 Å². The summed E-state index contributed by atoms with van der Waals surface area (Å²) in [4.78, 5) is 5.88. The Bertz CT molecular complexity index is 1120. The van der Waals surface area contributed by atoms with Crippen molar-refractivity contribution in [1.82, 2.24) is 0 Å². The molecule has 7 heteroatoms. The quantitative estimate of drug-likeness (QED) is 0.559. The molecular weight excluding hydrogens is 417 g/mol. The lowest BCUT2D eigenvalue weighted by molar-refractivity contribution is -0.189. The molecule has 2 heterocycles. The monoisotopic (exact) mass is 437 g/mol. The number of halogens is 3. The van der Waals surface area contributed by atoms with Crippen molar-refractivity contribution < 1.29 is 22.6 Å². The number of nitrogens with zero attached hydrogens (tertiary/aromatic N) is 2. The van der Waals surface area contributed by atoms with Crippen molar-refractivity contribution in [2.75, 3.05) is 24.8 Å². The van der Waals surface area contributed by atoms with Gasteiger partial charge in [0.05, 0.1) is 6.61 Å². The fraction of sp³-hybridized carbons (Fsp3) is 0.240. The Morgan fingerprint density at radius 2 is 1.72 bits per heavy atom. The lowest BCUT2D eigenvalue weighted by atomic mass is 9.88. The van der Waals surface area contributed by atoms with E-state index in [1.54, 1.807) is 36.4 Å². The maximum Gasteiger partial charge on any atom is 0.418 e. The van der Waals surface area contributed by atoms with Crippen LogP contribution in [0.2, 0.25) is 0 Å². The van der Waals surface area contributed by atoms with Crippen LogP contribution in [0.5, 0.6) is 0 Å². The van der Waals surface area contributed by atoms with Gasteiger partial charge >= 0.3 is 6.18 Å². The third kappa shape index (κ3) is 3.42. The van der Waals surface area contributed by atoms with Gasteiger partial charge in [-0.1, -0.05) is 66.7 Å². The average molecular weight is 437 g/mol. The van der Waals surface area contributed by atoms with Gasteiger partial charge in [-0.05, 0) is 29.3 Å². The minimum absolute atomic E-state index is 0.137. The predicted octanol–water partition coefficient (Wildman–Crippen LogP) is 5.26. The Labute approximate surface area is 183 Å². The van der Waals surface area contributed by atoms with E-state index in [4.69, 9.17) is 9.47 Å². The molecule has 5 rings (SSSR count). The van der Waals surface area contributed by atoms with E-state index >= 15 is 0 Å². The molecule has 0 amide bonds. The zero-order valence-corrected chi connectivity index (χ0v) is 17.0. The van der Waals surface area contributed by atoms with Crippen LogP contribution in [0.4, 0.5) is 18.9 Å². The van der Waals surface area contributed by atoms with Gasteiger partial charge in [0.15, 0.2) is 5.54 Å². The summed E-state index contributed by atoms with van der Waals surface area (Å²) in [6.45, 7) is -0.291. The summed E-state index contributed by atoms with van der Waals surface area (Å²) in [7, 11) is 0. The van der Waals surface area contributed by atoms with Crippen LogP contribution in [0.15, 0.2) is 83.9 Å². The number of hydrogen-bond acceptors (Lipinski definition) is 4. The molecule has 0 bridgehead atoms. The van der Waals surface area contributed by atoms with Gasteiger partial charge < -0.3 is 14.4 Å². The molecule has 0 aliphatic carbocycles. The van der Waals surface area contributed by atoms with Crippen LogP contribution in [0, 0.1) is 6.07 Å². The first-order valence-corrected chi connectivity index (χ1v) is 10.2. The van der Waals surface area contributed by atoms with Gasteiger partial charge in [-0.15, -0.1) is 0 Å². The minimum Gasteiger partial charge on any atom is -0.475 e. The molecule has 3 aromatic rings. The first kappa shape index (κ1) is 20.6. The Kier molecular flexibility index (Phi) is 5.13. The summed E-state index contributed by atoms with van der Waals surface area (Å²) >= 11 is 0. The second-order valence-corrected chi connectivity index (χ2v) is 7.76. The number of hydrogen-bond donors (Lipinski definition) is 0. The average Bonchev–Trinajstić information content (AvgIpc) is 3.49. The van der Waals surface area contributed by atoms with Gasteiger partial charge in [-0.3, -0.25) is 0 Å². The summed E-state index contributed by atoms with van der Waals surface area (Å²) in [5, 5.41) is 0. The summed E-state index contributed by atoms with van der Waals surface area (Å²) < 4.78 is 54.7. The summed E-state index contributed by atoms with van der Waals surface area (Å²) in [6.07, 6.45) is -4.55. The first-order chi connectivity index (χ1) is 15.5. The Hall–Kier alpha value is -3.32. The molecule has 2 aliphatic heterocycles. The van der Waals surface area contributed by atoms with E-state index in [0.717, 1.165) is 5.56 Å². The second kappa shape index (κ2) is 7.98. The van der Waals surface area contributed by atoms with Crippen molar-refractivity contribution in [2.45, 2.75) is 17.8 Å². The van der Waals surface area contributed by atoms with E-state index in [-0.39, 0.29) is 18.3 Å². The van der Waals surface area contributed by atoms with E-state index < -0.39 is 18.3 Å². The largest absolute Gasteiger partial charge is 0.475 e. The van der Waals surface area contributed by atoms with Crippen molar-refractivity contribution in [2.24, 2.45) is 4.99 Å². The Morgan fingerprint density at radius 1 is 1.00 bits per heavy atom. The van der Waals surface area contributed by atoms with Gasteiger partial charge in [-0.2, -0.15) is 13.2 Å². The van der Waals surface area contributed by atoms with Crippen molar-refractivity contribution in [3.05, 3.63) is 102 Å². The summed E-state index contributed by atoms with van der Waals surface area (Å²) in [6, 6.07) is 25.3. The third-order valence-corrected chi connectivity index (χ3v) is 5.88. The zero-order valence-electron chi connectivity index (χ0n) is 17.0. The van der Waals surface area contributed by atoms with Gasteiger partial charge in [0.2, 0.25) is 5.90 Å². The highest BCUT2D eigenvalue weighted by molar-refractivity contribution is 5.96. The van der Waals surface area contributed by atoms with Crippen LogP contribution in [-0.2, 0) is 15.0 Å². The van der Waals surface area contributed by atoms with E-state index in [9.17, 15) is 13.2 Å². The van der Waals surface area contributed by atoms with Crippen molar-refractivity contribution >= 4 is 11.6 Å². The van der Waals surface area contributed by atoms with Gasteiger partial charge in [0.25, 0.3) is 0 Å². The van der Waals surface area contributed by atoms with Crippen molar-refractivity contribution in [3.8, 4) is 0 Å². The molecule has 2 atom stereocenters. The molecule has 32 heavy (non-hydrogen) atoms. The molecule has 0 N–H and O–H groups in total. The predicted molar refractivity (Wildman–Crippen MR) is 114 cm³/mol. The SMILES string of the molecule is FC(F)(F)[C@@]1(c2ccccc2)COCN1c1cc[c]c(C2=N[C@H](c3ccccc3)CO2)c1. The minimum atomic E-state index is -4.55. The van der Waals surface area contributed by atoms with Gasteiger partial charge in [-0.25, -0.2) is 4.99 Å². The standard InChI is InChI=1S/C25H20F3N2O2/c26-25(27,28)24(20-11-5-2-6-12-20)16-31-17-30(24)21-13-7-10-19(14-21)23-29-22(15-32-23)18-8-3-1-4-9-18/h1-9,11-14,22H,15-17H2/t22-,24-/m0/s1. The number of aliphatic imine (C=N–C) groups is 1. The van der Waals surface area contributed by atoms with E-state index in [1.807, 2.05) is 30.3 Å². The van der Waals surface area contributed by atoms with Crippen molar-refractivity contribution in [3.63, 3.8) is 0 Å². The van der Waals surface area contributed by atoms with Gasteiger partial charge in [0.1, 0.15) is 19.4 Å². The maximum atomic E-state index is 14.5. The number of benzene rings is 3. The topological polar surface area (TPSA) is 34.1 Å². The molecule has 0 aromatic heterocycles. The van der Waals surface area contributed by atoms with Crippen LogP contribution in [0.3, 0.4) is 0 Å². The van der Waals surface area contributed by atoms with Crippen LogP contribution in [0.25, 0.3) is 0 Å². The molecular formula is C25H20F3N2O2. The van der Waals surface area contributed by atoms with Crippen LogP contribution < -0.4 is 4.90 Å². The van der Waals surface area contributed by atoms with Crippen LogP contribution >= 0.6 is 0 Å². The fourth-order valence-corrected chi connectivity index (χ4v) is 4.23. The maximum absolute atomic E-state index is 14.5. The highest BCUT2D eigenvalue weighted by Crippen LogP contribution is 2.48. The lowest BCUT2D eigenvalue weighted by Crippen LogP contribution is -2.54. The van der Waals surface area contributed by atoms with E-state index in [0.29, 0.717) is 23.8 Å². The molecule has 0 spiro atoms. The molecule has 2 aliphatic rings. The second-order valence-electron chi connectivity index (χ2n) is 7.76. The molecule has 1 fully saturated rings. The molecule has 0 unspecified atom stereocenters. The summed E-state index contributed by atoms with van der Waals surface area (Å²) in [5.41, 5.74) is -0.244. The molecule has 1 saturated heterocycles. The Balaban J connectivity index is 1.51. The molecule has 4 nitrogen and oxygen atoms in total. The third-order valence-electron chi connectivity index (χ3n) is 5.88. The highest BCUT2D eigenvalue weighted by atomic mass is 19.4.